The number of rotatable bonds is 7. The number of nitrogens with zero attached hydrogens (tertiary/aromatic N) is 1. The second-order valence-electron chi connectivity index (χ2n) is 3.94. The van der Waals surface area contributed by atoms with Crippen molar-refractivity contribution in [3.05, 3.63) is 4.88 Å². The number of ether oxygens (including phenoxy) is 1. The smallest absolute Gasteiger partial charge is 0.265 e. The summed E-state index contributed by atoms with van der Waals surface area (Å²) >= 11 is 1.21. The maximum absolute atomic E-state index is 12.0. The van der Waals surface area contributed by atoms with Crippen LogP contribution in [-0.2, 0) is 4.74 Å². The van der Waals surface area contributed by atoms with E-state index in [-0.39, 0.29) is 17.8 Å². The molecule has 1 rings (SSSR count). The fourth-order valence-corrected chi connectivity index (χ4v) is 2.16. The molecule has 0 radical (unpaired) electrons. The van der Waals surface area contributed by atoms with Gasteiger partial charge in [-0.1, -0.05) is 11.3 Å². The van der Waals surface area contributed by atoms with Crippen LogP contribution in [0.1, 0.15) is 23.0 Å². The number of hydrogen-bond donors (Lipinski definition) is 3. The molecule has 1 amide bonds. The summed E-state index contributed by atoms with van der Waals surface area (Å²) in [4.78, 5) is 16.4. The van der Waals surface area contributed by atoms with Gasteiger partial charge in [-0.05, 0) is 6.92 Å². The maximum atomic E-state index is 12.0. The normalized spacial score (nSPS) is 11.6. The van der Waals surface area contributed by atoms with Crippen molar-refractivity contribution < 1.29 is 9.53 Å². The lowest BCUT2D eigenvalue weighted by atomic mass is 10.2. The molecule has 7 heteroatoms. The van der Waals surface area contributed by atoms with E-state index >= 15 is 0 Å². The number of nitrogen functional groups attached to an aromatic ring is 1. The Morgan fingerprint density at radius 2 is 2.42 bits per heavy atom. The minimum atomic E-state index is -0.252. The number of terminal acetylenes is 1. The first-order valence-corrected chi connectivity index (χ1v) is 6.63. The van der Waals surface area contributed by atoms with Crippen molar-refractivity contribution in [3.8, 4) is 12.3 Å². The molecule has 1 atom stereocenters. The molecule has 1 aromatic rings. The Hall–Kier alpha value is -1.78. The second-order valence-corrected chi connectivity index (χ2v) is 4.93. The van der Waals surface area contributed by atoms with Crippen molar-refractivity contribution in [2.24, 2.45) is 0 Å². The lowest BCUT2D eigenvalue weighted by molar-refractivity contribution is 0.0945. The monoisotopic (exact) mass is 282 g/mol. The Balaban J connectivity index is 2.62. The van der Waals surface area contributed by atoms with Gasteiger partial charge < -0.3 is 21.1 Å². The lowest BCUT2D eigenvalue weighted by Crippen LogP contribution is -2.32. The third-order valence-electron chi connectivity index (χ3n) is 2.24. The fourth-order valence-electron chi connectivity index (χ4n) is 1.35. The first kappa shape index (κ1) is 15.3. The average molecular weight is 282 g/mol. The molecular formula is C12H18N4O2S. The van der Waals surface area contributed by atoms with E-state index in [9.17, 15) is 4.79 Å². The summed E-state index contributed by atoms with van der Waals surface area (Å²) in [6.45, 7) is 3.00. The van der Waals surface area contributed by atoms with Gasteiger partial charge in [0, 0.05) is 26.1 Å². The molecule has 0 aliphatic rings. The van der Waals surface area contributed by atoms with Crippen molar-refractivity contribution in [2.45, 2.75) is 19.4 Å². The highest BCUT2D eigenvalue weighted by Gasteiger charge is 2.17. The largest absolute Gasteiger partial charge is 0.383 e. The Morgan fingerprint density at radius 3 is 3.05 bits per heavy atom. The maximum Gasteiger partial charge on any atom is 0.265 e. The van der Waals surface area contributed by atoms with Crippen LogP contribution in [0.15, 0.2) is 0 Å². The van der Waals surface area contributed by atoms with Crippen LogP contribution < -0.4 is 16.4 Å². The minimum Gasteiger partial charge on any atom is -0.383 e. The highest BCUT2D eigenvalue weighted by Crippen LogP contribution is 2.24. The van der Waals surface area contributed by atoms with E-state index in [1.54, 1.807) is 7.11 Å². The second kappa shape index (κ2) is 7.61. The molecule has 6 nitrogen and oxygen atoms in total. The molecule has 1 unspecified atom stereocenters. The number of carbonyl (C=O) groups is 1. The number of amides is 1. The topological polar surface area (TPSA) is 89.3 Å². The third-order valence-corrected chi connectivity index (χ3v) is 3.27. The van der Waals surface area contributed by atoms with Crippen LogP contribution in [0.4, 0.5) is 10.9 Å². The van der Waals surface area contributed by atoms with E-state index in [0.717, 1.165) is 0 Å². The first-order chi connectivity index (χ1) is 9.08. The zero-order valence-electron chi connectivity index (χ0n) is 11.0. The number of nitrogens with two attached hydrogens (primary N) is 1. The Morgan fingerprint density at radius 1 is 1.68 bits per heavy atom. The standard InChI is InChI=1S/C12H18N4O2S/c1-4-5-8(2)15-11(17)9-10(13)16-12(19-9)14-6-7-18-3/h1,8H,5-7,13H2,2-3H3,(H,14,16)(H,15,17). The Labute approximate surface area is 116 Å². The molecule has 0 saturated carbocycles. The molecule has 1 aromatic heterocycles. The number of aromatic nitrogens is 1. The molecule has 0 spiro atoms. The van der Waals surface area contributed by atoms with Crippen LogP contribution in [-0.4, -0.2) is 37.2 Å². The lowest BCUT2D eigenvalue weighted by Gasteiger charge is -2.09. The molecule has 19 heavy (non-hydrogen) atoms. The number of hydrogen-bond acceptors (Lipinski definition) is 6. The Kier molecular flexibility index (Phi) is 6.12. The van der Waals surface area contributed by atoms with Crippen LogP contribution in [0.2, 0.25) is 0 Å². The van der Waals surface area contributed by atoms with Crippen molar-refractivity contribution >= 4 is 28.2 Å². The van der Waals surface area contributed by atoms with Crippen LogP contribution in [0, 0.1) is 12.3 Å². The number of nitrogens with one attached hydrogen (secondary N) is 2. The van der Waals surface area contributed by atoms with Gasteiger partial charge in [0.15, 0.2) is 5.13 Å². The third kappa shape index (κ3) is 4.77. The van der Waals surface area contributed by atoms with Crippen molar-refractivity contribution in [2.75, 3.05) is 31.3 Å². The zero-order chi connectivity index (χ0) is 14.3. The van der Waals surface area contributed by atoms with E-state index in [1.807, 2.05) is 6.92 Å². The molecular weight excluding hydrogens is 264 g/mol. The average Bonchev–Trinajstić information content (AvgIpc) is 2.71. The molecule has 0 saturated heterocycles. The van der Waals surface area contributed by atoms with Crippen LogP contribution in [0.3, 0.4) is 0 Å². The summed E-state index contributed by atoms with van der Waals surface area (Å²) in [7, 11) is 1.61. The minimum absolute atomic E-state index is 0.0936. The van der Waals surface area contributed by atoms with Crippen molar-refractivity contribution in [1.29, 1.82) is 0 Å². The van der Waals surface area contributed by atoms with Crippen LogP contribution in [0.25, 0.3) is 0 Å². The molecule has 0 aliphatic heterocycles. The molecule has 1 heterocycles. The summed E-state index contributed by atoms with van der Waals surface area (Å²) in [5, 5.41) is 6.41. The van der Waals surface area contributed by atoms with E-state index in [1.165, 1.54) is 11.3 Å². The highest BCUT2D eigenvalue weighted by atomic mass is 32.1. The highest BCUT2D eigenvalue weighted by molar-refractivity contribution is 7.18. The van der Waals surface area contributed by atoms with E-state index < -0.39 is 0 Å². The van der Waals surface area contributed by atoms with Crippen molar-refractivity contribution in [1.82, 2.24) is 10.3 Å². The van der Waals surface area contributed by atoms with Gasteiger partial charge in [0.05, 0.1) is 6.61 Å². The van der Waals surface area contributed by atoms with E-state index in [0.29, 0.717) is 29.6 Å². The van der Waals surface area contributed by atoms with Crippen molar-refractivity contribution in [3.63, 3.8) is 0 Å². The summed E-state index contributed by atoms with van der Waals surface area (Å²) in [6.07, 6.45) is 5.66. The van der Waals surface area contributed by atoms with Gasteiger partial charge >= 0.3 is 0 Å². The van der Waals surface area contributed by atoms with Gasteiger partial charge in [-0.2, -0.15) is 0 Å². The number of carbonyl (C=O) groups excluding carboxylic acids is 1. The fraction of sp³-hybridized carbons (Fsp3) is 0.500. The summed E-state index contributed by atoms with van der Waals surface area (Å²) in [6, 6.07) is -0.0936. The van der Waals surface area contributed by atoms with Gasteiger partial charge in [-0.3, -0.25) is 4.79 Å². The molecule has 104 valence electrons. The molecule has 0 aliphatic carbocycles. The molecule has 0 aromatic carbocycles. The molecule has 0 fully saturated rings. The molecule has 0 bridgehead atoms. The van der Waals surface area contributed by atoms with Gasteiger partial charge in [0.1, 0.15) is 10.7 Å². The summed E-state index contributed by atoms with van der Waals surface area (Å²) in [5.74, 6) is 2.46. The first-order valence-electron chi connectivity index (χ1n) is 5.82. The van der Waals surface area contributed by atoms with Gasteiger partial charge in [-0.15, -0.1) is 12.3 Å². The zero-order valence-corrected chi connectivity index (χ0v) is 11.8. The number of thiazole rings is 1. The van der Waals surface area contributed by atoms with E-state index in [4.69, 9.17) is 16.9 Å². The number of anilines is 2. The number of methoxy groups -OCH3 is 1. The van der Waals surface area contributed by atoms with Gasteiger partial charge in [0.2, 0.25) is 0 Å². The van der Waals surface area contributed by atoms with Gasteiger partial charge in [-0.25, -0.2) is 4.98 Å². The van der Waals surface area contributed by atoms with Crippen LogP contribution >= 0.6 is 11.3 Å². The summed E-state index contributed by atoms with van der Waals surface area (Å²) < 4.78 is 4.91. The SMILES string of the molecule is C#CCC(C)NC(=O)c1sc(NCCOC)nc1N. The molecule has 4 N–H and O–H groups in total. The predicted octanol–water partition coefficient (Wildman–Crippen LogP) is 0.925. The van der Waals surface area contributed by atoms with Gasteiger partial charge in [0.25, 0.3) is 5.91 Å². The summed E-state index contributed by atoms with van der Waals surface area (Å²) in [5.41, 5.74) is 5.72. The predicted molar refractivity (Wildman–Crippen MR) is 77.3 cm³/mol. The van der Waals surface area contributed by atoms with Crippen LogP contribution in [0.5, 0.6) is 0 Å². The van der Waals surface area contributed by atoms with E-state index in [2.05, 4.69) is 21.5 Å². The quantitative estimate of drug-likeness (QED) is 0.511. The Bertz CT molecular complexity index is 467.